The van der Waals surface area contributed by atoms with Gasteiger partial charge in [0.1, 0.15) is 6.73 Å². The Morgan fingerprint density at radius 1 is 1.47 bits per heavy atom. The van der Waals surface area contributed by atoms with E-state index in [1.165, 1.54) is 31.3 Å². The molecule has 0 amide bonds. The zero-order chi connectivity index (χ0) is 13.8. The molecule has 19 heavy (non-hydrogen) atoms. The molecule has 1 heterocycles. The molecule has 5 nitrogen and oxygen atoms in total. The highest BCUT2D eigenvalue weighted by Crippen LogP contribution is 2.40. The van der Waals surface area contributed by atoms with Crippen LogP contribution in [-0.2, 0) is 9.09 Å². The zero-order valence-electron chi connectivity index (χ0n) is 11.8. The van der Waals surface area contributed by atoms with Crippen molar-refractivity contribution >= 4 is 8.25 Å². The van der Waals surface area contributed by atoms with Crippen LogP contribution in [0, 0.1) is 5.92 Å². The van der Waals surface area contributed by atoms with Crippen LogP contribution in [-0.4, -0.2) is 48.1 Å². The minimum atomic E-state index is -2.83. The third kappa shape index (κ3) is 4.06. The van der Waals surface area contributed by atoms with Crippen molar-refractivity contribution in [2.24, 2.45) is 5.92 Å². The molecule has 1 fully saturated rings. The fraction of sp³-hybridized carbons (Fsp3) is 0.846. The number of fused-ring (bicyclic) bond motifs is 1. The Kier molecular flexibility index (Phi) is 5.46. The summed E-state index contributed by atoms with van der Waals surface area (Å²) < 4.78 is 15.6. The van der Waals surface area contributed by atoms with E-state index < -0.39 is 8.25 Å². The Morgan fingerprint density at radius 2 is 2.21 bits per heavy atom. The summed E-state index contributed by atoms with van der Waals surface area (Å²) in [7, 11) is 1.35. The standard InChI is InChI=1S/C13H25N2O3P/c1-14(2)8-7-11-9-15(10-18-19(16)17)13-6-4-3-5-12(11)13/h9,12-13,19H,3-8,10H2,1-2H3,(H,16,17). The number of rotatable bonds is 6. The second kappa shape index (κ2) is 6.89. The monoisotopic (exact) mass is 288 g/mol. The molecule has 6 heteroatoms. The summed E-state index contributed by atoms with van der Waals surface area (Å²) in [5.74, 6) is 0.623. The molecule has 0 radical (unpaired) electrons. The van der Waals surface area contributed by atoms with E-state index in [0.29, 0.717) is 12.0 Å². The first kappa shape index (κ1) is 15.0. The van der Waals surface area contributed by atoms with Gasteiger partial charge in [-0.3, -0.25) is 9.09 Å². The predicted molar refractivity (Wildman–Crippen MR) is 76.0 cm³/mol. The van der Waals surface area contributed by atoms with Gasteiger partial charge in [0.2, 0.25) is 0 Å². The van der Waals surface area contributed by atoms with Crippen molar-refractivity contribution in [3.05, 3.63) is 11.8 Å². The van der Waals surface area contributed by atoms with Crippen molar-refractivity contribution < 1.29 is 14.0 Å². The van der Waals surface area contributed by atoms with E-state index in [4.69, 9.17) is 9.42 Å². The van der Waals surface area contributed by atoms with Crippen LogP contribution in [0.3, 0.4) is 0 Å². The summed E-state index contributed by atoms with van der Waals surface area (Å²) in [6.45, 7) is 1.31. The van der Waals surface area contributed by atoms with E-state index in [-0.39, 0.29) is 6.73 Å². The SMILES string of the molecule is CN(C)CCC1=CN(CO[PH](=O)O)C2CCCCC12. The zero-order valence-corrected chi connectivity index (χ0v) is 12.8. The largest absolute Gasteiger partial charge is 0.351 e. The van der Waals surface area contributed by atoms with Crippen LogP contribution < -0.4 is 0 Å². The van der Waals surface area contributed by atoms with E-state index in [1.807, 2.05) is 0 Å². The molecule has 110 valence electrons. The maximum absolute atomic E-state index is 10.7. The van der Waals surface area contributed by atoms with Gasteiger partial charge < -0.3 is 14.7 Å². The van der Waals surface area contributed by atoms with Crippen molar-refractivity contribution in [3.8, 4) is 0 Å². The highest BCUT2D eigenvalue weighted by molar-refractivity contribution is 7.32. The Balaban J connectivity index is 1.98. The average Bonchev–Trinajstić information content (AvgIpc) is 2.72. The van der Waals surface area contributed by atoms with E-state index >= 15 is 0 Å². The van der Waals surface area contributed by atoms with E-state index in [9.17, 15) is 4.57 Å². The van der Waals surface area contributed by atoms with Gasteiger partial charge in [0, 0.05) is 24.7 Å². The van der Waals surface area contributed by atoms with Gasteiger partial charge in [-0.25, -0.2) is 0 Å². The number of hydrogen-bond acceptors (Lipinski definition) is 4. The lowest BCUT2D eigenvalue weighted by molar-refractivity contribution is 0.103. The molecule has 2 rings (SSSR count). The summed E-state index contributed by atoms with van der Waals surface area (Å²) >= 11 is 0. The van der Waals surface area contributed by atoms with Gasteiger partial charge >= 0.3 is 8.25 Å². The average molecular weight is 288 g/mol. The van der Waals surface area contributed by atoms with Gasteiger partial charge in [0.05, 0.1) is 0 Å². The summed E-state index contributed by atoms with van der Waals surface area (Å²) in [4.78, 5) is 13.2. The van der Waals surface area contributed by atoms with Crippen molar-refractivity contribution in [3.63, 3.8) is 0 Å². The molecule has 2 aliphatic rings. The van der Waals surface area contributed by atoms with Crippen LogP contribution in [0.15, 0.2) is 11.8 Å². The topological polar surface area (TPSA) is 53.0 Å². The molecule has 0 bridgehead atoms. The molecule has 3 atom stereocenters. The maximum Gasteiger partial charge on any atom is 0.318 e. The third-order valence-corrected chi connectivity index (χ3v) is 4.52. The Morgan fingerprint density at radius 3 is 2.89 bits per heavy atom. The molecule has 0 aromatic rings. The highest BCUT2D eigenvalue weighted by atomic mass is 31.1. The lowest BCUT2D eigenvalue weighted by Crippen LogP contribution is -2.35. The molecule has 1 aliphatic heterocycles. The lowest BCUT2D eigenvalue weighted by atomic mass is 9.81. The van der Waals surface area contributed by atoms with Crippen LogP contribution in [0.1, 0.15) is 32.1 Å². The van der Waals surface area contributed by atoms with Crippen LogP contribution in [0.4, 0.5) is 0 Å². The predicted octanol–water partition coefficient (Wildman–Crippen LogP) is 2.05. The molecule has 1 saturated carbocycles. The number of hydrogen-bond donors (Lipinski definition) is 1. The fourth-order valence-corrected chi connectivity index (χ4v) is 3.47. The summed E-state index contributed by atoms with van der Waals surface area (Å²) in [6.07, 6.45) is 8.22. The van der Waals surface area contributed by atoms with Gasteiger partial charge in [-0.1, -0.05) is 12.8 Å². The molecule has 1 aliphatic carbocycles. The normalized spacial score (nSPS) is 28.4. The van der Waals surface area contributed by atoms with E-state index in [1.54, 1.807) is 0 Å². The van der Waals surface area contributed by atoms with Crippen LogP contribution in [0.5, 0.6) is 0 Å². The van der Waals surface area contributed by atoms with Gasteiger partial charge in [-0.2, -0.15) is 0 Å². The van der Waals surface area contributed by atoms with Crippen molar-refractivity contribution in [1.82, 2.24) is 9.80 Å². The quantitative estimate of drug-likeness (QED) is 0.758. The highest BCUT2D eigenvalue weighted by Gasteiger charge is 2.36. The van der Waals surface area contributed by atoms with Crippen LogP contribution in [0.25, 0.3) is 0 Å². The molecule has 0 spiro atoms. The summed E-state index contributed by atoms with van der Waals surface area (Å²) in [5.41, 5.74) is 1.49. The van der Waals surface area contributed by atoms with E-state index in [2.05, 4.69) is 30.1 Å². The van der Waals surface area contributed by atoms with Gasteiger partial charge in [0.25, 0.3) is 0 Å². The van der Waals surface area contributed by atoms with Crippen molar-refractivity contribution in [2.45, 2.75) is 38.1 Å². The van der Waals surface area contributed by atoms with Gasteiger partial charge in [-0.15, -0.1) is 0 Å². The van der Waals surface area contributed by atoms with Crippen molar-refractivity contribution in [1.29, 1.82) is 0 Å². The molecular formula is C13H25N2O3P. The second-order valence-electron chi connectivity index (χ2n) is 5.77. The molecule has 1 N–H and O–H groups in total. The van der Waals surface area contributed by atoms with Crippen molar-refractivity contribution in [2.75, 3.05) is 27.4 Å². The Bertz CT molecular complexity index is 360. The second-order valence-corrected chi connectivity index (χ2v) is 6.59. The molecule has 0 saturated heterocycles. The van der Waals surface area contributed by atoms with Crippen LogP contribution in [0.2, 0.25) is 0 Å². The minimum Gasteiger partial charge on any atom is -0.351 e. The maximum atomic E-state index is 10.7. The first-order valence-corrected chi connectivity index (χ1v) is 8.31. The fourth-order valence-electron chi connectivity index (χ4n) is 3.21. The Hall–Kier alpha value is -0.350. The first-order chi connectivity index (χ1) is 9.08. The van der Waals surface area contributed by atoms with E-state index in [0.717, 1.165) is 13.0 Å². The van der Waals surface area contributed by atoms with Crippen LogP contribution >= 0.6 is 8.25 Å². The smallest absolute Gasteiger partial charge is 0.318 e. The molecular weight excluding hydrogens is 263 g/mol. The number of nitrogens with zero attached hydrogens (tertiary/aromatic N) is 2. The van der Waals surface area contributed by atoms with Gasteiger partial charge in [0.15, 0.2) is 0 Å². The summed E-state index contributed by atoms with van der Waals surface area (Å²) in [5, 5.41) is 0. The minimum absolute atomic E-state index is 0.251. The molecule has 0 aromatic carbocycles. The van der Waals surface area contributed by atoms with Gasteiger partial charge in [-0.05, 0) is 38.9 Å². The molecule has 3 unspecified atom stereocenters. The Labute approximate surface area is 116 Å². The summed E-state index contributed by atoms with van der Waals surface area (Å²) in [6, 6.07) is 0.479. The molecule has 0 aromatic heterocycles. The lowest BCUT2D eigenvalue weighted by Gasteiger charge is -2.33. The third-order valence-electron chi connectivity index (χ3n) is 4.15. The first-order valence-electron chi connectivity index (χ1n) is 7.04.